The van der Waals surface area contributed by atoms with Gasteiger partial charge in [0.25, 0.3) is 0 Å². The highest BCUT2D eigenvalue weighted by Gasteiger charge is 2.26. The molecule has 168 valence electrons. The van der Waals surface area contributed by atoms with E-state index >= 15 is 0 Å². The van der Waals surface area contributed by atoms with Crippen LogP contribution in [0, 0.1) is 0 Å². The predicted molar refractivity (Wildman–Crippen MR) is 126 cm³/mol. The molecule has 0 saturated heterocycles. The Morgan fingerprint density at radius 1 is 0.938 bits per heavy atom. The van der Waals surface area contributed by atoms with Gasteiger partial charge in [-0.1, -0.05) is 61.3 Å². The molecular weight excluding hydrogens is 455 g/mol. The fourth-order valence-corrected chi connectivity index (χ4v) is 3.65. The fourth-order valence-electron chi connectivity index (χ4n) is 3.18. The summed E-state index contributed by atoms with van der Waals surface area (Å²) in [4.78, 5) is 45.4. The van der Waals surface area contributed by atoms with Crippen LogP contribution in [0.2, 0.25) is 10.0 Å². The summed E-state index contributed by atoms with van der Waals surface area (Å²) in [6.07, 6.45) is 1.23. The summed E-state index contributed by atoms with van der Waals surface area (Å²) >= 11 is 12.5. The van der Waals surface area contributed by atoms with Crippen LogP contribution in [-0.4, -0.2) is 28.7 Å². The molecule has 1 aromatic heterocycles. The van der Waals surface area contributed by atoms with Crippen molar-refractivity contribution < 1.29 is 9.21 Å². The van der Waals surface area contributed by atoms with E-state index in [0.29, 0.717) is 45.4 Å². The molecule has 1 amide bonds. The summed E-state index contributed by atoms with van der Waals surface area (Å²) in [6, 6.07) is 12.5. The molecule has 0 radical (unpaired) electrons. The predicted octanol–water partition coefficient (Wildman–Crippen LogP) is 4.94. The number of amides is 1. The maximum Gasteiger partial charge on any atom is 0.434 e. The van der Waals surface area contributed by atoms with Gasteiger partial charge < -0.3 is 4.42 Å². The number of rotatable bonds is 7. The van der Waals surface area contributed by atoms with Crippen LogP contribution in [0.4, 0.5) is 22.2 Å². The highest BCUT2D eigenvalue weighted by atomic mass is 35.5. The molecule has 0 bridgehead atoms. The monoisotopic (exact) mass is 476 g/mol. The van der Waals surface area contributed by atoms with E-state index < -0.39 is 17.5 Å². The van der Waals surface area contributed by atoms with E-state index in [1.165, 1.54) is 9.80 Å². The Bertz CT molecular complexity index is 1190. The smallest absolute Gasteiger partial charge is 0.374 e. The van der Waals surface area contributed by atoms with Crippen LogP contribution < -0.4 is 21.2 Å². The number of aromatic nitrogens is 2. The minimum absolute atomic E-state index is 0.234. The van der Waals surface area contributed by atoms with Crippen molar-refractivity contribution >= 4 is 46.6 Å². The zero-order chi connectivity index (χ0) is 23.3. The SMILES string of the molecule is CCCN(C(=O)n1c(=O)nc(N(CCC)c2ccccc2Cl)oc1=O)c1ccccc1Cl. The van der Waals surface area contributed by atoms with E-state index in [0.717, 1.165) is 0 Å². The first kappa shape index (κ1) is 23.6. The van der Waals surface area contributed by atoms with Crippen molar-refractivity contribution in [1.82, 2.24) is 9.55 Å². The Balaban J connectivity index is 2.07. The number of carbonyl (C=O) groups excluding carboxylic acids is 1. The number of hydrogen-bond acceptors (Lipinski definition) is 6. The van der Waals surface area contributed by atoms with Crippen LogP contribution in [0.1, 0.15) is 26.7 Å². The quantitative estimate of drug-likeness (QED) is 0.479. The van der Waals surface area contributed by atoms with Crippen LogP contribution >= 0.6 is 23.2 Å². The molecular formula is C22H22Cl2N4O4. The Labute approximate surface area is 194 Å². The Kier molecular flexibility index (Phi) is 7.71. The van der Waals surface area contributed by atoms with E-state index in [9.17, 15) is 14.4 Å². The first-order chi connectivity index (χ1) is 15.4. The number of benzene rings is 2. The molecule has 0 aliphatic rings. The highest BCUT2D eigenvalue weighted by molar-refractivity contribution is 6.34. The molecule has 0 spiro atoms. The molecule has 3 aromatic rings. The van der Waals surface area contributed by atoms with Gasteiger partial charge in [0.2, 0.25) is 0 Å². The molecule has 32 heavy (non-hydrogen) atoms. The van der Waals surface area contributed by atoms with Gasteiger partial charge in [-0.3, -0.25) is 9.80 Å². The number of carbonyl (C=O) groups is 1. The van der Waals surface area contributed by atoms with Gasteiger partial charge in [0.1, 0.15) is 0 Å². The van der Waals surface area contributed by atoms with Gasteiger partial charge in [0.15, 0.2) is 0 Å². The lowest BCUT2D eigenvalue weighted by atomic mass is 10.3. The third-order valence-corrected chi connectivity index (χ3v) is 5.22. The van der Waals surface area contributed by atoms with E-state index in [-0.39, 0.29) is 12.6 Å². The normalized spacial score (nSPS) is 10.8. The van der Waals surface area contributed by atoms with Crippen molar-refractivity contribution in [2.24, 2.45) is 0 Å². The third kappa shape index (κ3) is 4.87. The topological polar surface area (TPSA) is 88.7 Å². The van der Waals surface area contributed by atoms with Crippen molar-refractivity contribution in [3.05, 3.63) is 79.6 Å². The van der Waals surface area contributed by atoms with E-state index in [1.54, 1.807) is 48.5 Å². The molecule has 10 heteroatoms. The van der Waals surface area contributed by atoms with Crippen molar-refractivity contribution in [1.29, 1.82) is 0 Å². The summed E-state index contributed by atoms with van der Waals surface area (Å²) in [6.45, 7) is 4.39. The minimum Gasteiger partial charge on any atom is -0.374 e. The standard InChI is InChI=1S/C22H22Cl2N4O4/c1-3-13-26(17-11-7-5-9-15(17)23)20-25-19(29)28(22(31)32-20)21(30)27(14-4-2)18-12-8-6-10-16(18)24/h5-12H,3-4,13-14H2,1-2H3. The first-order valence-electron chi connectivity index (χ1n) is 10.1. The number of anilines is 3. The summed E-state index contributed by atoms with van der Waals surface area (Å²) in [7, 11) is 0. The number of nitrogens with zero attached hydrogens (tertiary/aromatic N) is 4. The van der Waals surface area contributed by atoms with Gasteiger partial charge in [-0.15, -0.1) is 9.55 Å². The number of halogens is 2. The van der Waals surface area contributed by atoms with Crippen molar-refractivity contribution in [3.63, 3.8) is 0 Å². The van der Waals surface area contributed by atoms with Crippen LogP contribution in [0.5, 0.6) is 0 Å². The maximum atomic E-state index is 13.2. The lowest BCUT2D eigenvalue weighted by Crippen LogP contribution is -2.48. The largest absolute Gasteiger partial charge is 0.434 e. The summed E-state index contributed by atoms with van der Waals surface area (Å²) in [5.74, 6) is -1.15. The second-order valence-corrected chi connectivity index (χ2v) is 7.68. The average Bonchev–Trinajstić information content (AvgIpc) is 2.76. The van der Waals surface area contributed by atoms with Gasteiger partial charge >= 0.3 is 23.5 Å². The van der Waals surface area contributed by atoms with Gasteiger partial charge in [0.05, 0.1) is 21.4 Å². The fraction of sp³-hybridized carbons (Fsp3) is 0.273. The average molecular weight is 477 g/mol. The van der Waals surface area contributed by atoms with Crippen molar-refractivity contribution in [3.8, 4) is 0 Å². The van der Waals surface area contributed by atoms with E-state index in [4.69, 9.17) is 27.6 Å². The zero-order valence-corrected chi connectivity index (χ0v) is 19.1. The zero-order valence-electron chi connectivity index (χ0n) is 17.6. The molecule has 0 aliphatic carbocycles. The van der Waals surface area contributed by atoms with E-state index in [2.05, 4.69) is 4.98 Å². The lowest BCUT2D eigenvalue weighted by Gasteiger charge is -2.24. The van der Waals surface area contributed by atoms with Gasteiger partial charge in [-0.05, 0) is 37.1 Å². The molecule has 0 saturated carbocycles. The lowest BCUT2D eigenvalue weighted by molar-refractivity contribution is 0.242. The molecule has 0 N–H and O–H groups in total. The third-order valence-electron chi connectivity index (χ3n) is 4.58. The second kappa shape index (κ2) is 10.5. The van der Waals surface area contributed by atoms with Crippen molar-refractivity contribution in [2.45, 2.75) is 26.7 Å². The molecule has 0 unspecified atom stereocenters. The van der Waals surface area contributed by atoms with Gasteiger partial charge in [-0.2, -0.15) is 0 Å². The maximum absolute atomic E-state index is 13.2. The van der Waals surface area contributed by atoms with Crippen LogP contribution in [-0.2, 0) is 0 Å². The Morgan fingerprint density at radius 3 is 2.03 bits per heavy atom. The van der Waals surface area contributed by atoms with Gasteiger partial charge in [0, 0.05) is 13.1 Å². The Hall–Kier alpha value is -3.10. The molecule has 2 aromatic carbocycles. The second-order valence-electron chi connectivity index (χ2n) is 6.87. The first-order valence-corrected chi connectivity index (χ1v) is 10.9. The van der Waals surface area contributed by atoms with Crippen molar-refractivity contribution in [2.75, 3.05) is 22.9 Å². The molecule has 0 fully saturated rings. The summed E-state index contributed by atoms with van der Waals surface area (Å²) < 4.78 is 5.67. The minimum atomic E-state index is -1.15. The summed E-state index contributed by atoms with van der Waals surface area (Å²) in [5.41, 5.74) is -0.151. The van der Waals surface area contributed by atoms with Crippen LogP contribution in [0.25, 0.3) is 0 Å². The molecule has 0 atom stereocenters. The number of hydrogen-bond donors (Lipinski definition) is 0. The molecule has 0 aliphatic heterocycles. The van der Waals surface area contributed by atoms with Gasteiger partial charge in [-0.25, -0.2) is 14.4 Å². The number of para-hydroxylation sites is 2. The van der Waals surface area contributed by atoms with E-state index in [1.807, 2.05) is 13.8 Å². The highest BCUT2D eigenvalue weighted by Crippen LogP contribution is 2.30. The summed E-state index contributed by atoms with van der Waals surface area (Å²) in [5, 5.41) is 0.711. The molecule has 8 nitrogen and oxygen atoms in total. The van der Waals surface area contributed by atoms with Crippen LogP contribution in [0.15, 0.2) is 62.5 Å². The molecule has 1 heterocycles. The van der Waals surface area contributed by atoms with Crippen LogP contribution in [0.3, 0.4) is 0 Å². The Morgan fingerprint density at radius 2 is 1.50 bits per heavy atom. The molecule has 3 rings (SSSR count).